The molecule has 0 aliphatic carbocycles. The van der Waals surface area contributed by atoms with Gasteiger partial charge in [0.1, 0.15) is 11.5 Å². The fourth-order valence-electron chi connectivity index (χ4n) is 2.36. The zero-order valence-corrected chi connectivity index (χ0v) is 12.6. The van der Waals surface area contributed by atoms with Gasteiger partial charge in [0, 0.05) is 27.4 Å². The van der Waals surface area contributed by atoms with Gasteiger partial charge in [0.25, 0.3) is 5.91 Å². The maximum absolute atomic E-state index is 12.1. The van der Waals surface area contributed by atoms with Crippen LogP contribution < -0.4 is 10.1 Å². The highest BCUT2D eigenvalue weighted by Gasteiger charge is 2.24. The van der Waals surface area contributed by atoms with Crippen LogP contribution in [0.4, 0.5) is 5.69 Å². The van der Waals surface area contributed by atoms with Crippen LogP contribution in [0.5, 0.6) is 11.5 Å². The predicted octanol–water partition coefficient (Wildman–Crippen LogP) is 3.94. The normalized spacial score (nSPS) is 14.8. The molecule has 2 aromatic carbocycles. The van der Waals surface area contributed by atoms with E-state index < -0.39 is 0 Å². The van der Waals surface area contributed by atoms with E-state index in [0.717, 1.165) is 5.56 Å². The largest absolute Gasteiger partial charge is 0.507 e. The molecule has 4 nitrogen and oxygen atoms in total. The molecule has 3 rings (SSSR count). The first-order chi connectivity index (χ1) is 10.6. The fraction of sp³-hybridized carbons (Fsp3) is 0.118. The molecule has 112 valence electrons. The van der Waals surface area contributed by atoms with E-state index in [1.165, 1.54) is 0 Å². The molecular weight excluding hydrogens is 302 g/mol. The summed E-state index contributed by atoms with van der Waals surface area (Å²) in [5, 5.41) is 13.3. The molecule has 0 aromatic heterocycles. The molecule has 0 bridgehead atoms. The van der Waals surface area contributed by atoms with Gasteiger partial charge in [-0.05, 0) is 49.4 Å². The first-order valence-electron chi connectivity index (χ1n) is 6.87. The maximum Gasteiger partial charge on any atom is 0.256 e. The summed E-state index contributed by atoms with van der Waals surface area (Å²) in [7, 11) is 0. The monoisotopic (exact) mass is 315 g/mol. The highest BCUT2D eigenvalue weighted by atomic mass is 35.5. The van der Waals surface area contributed by atoms with Crippen molar-refractivity contribution in [1.29, 1.82) is 0 Å². The number of anilines is 1. The Kier molecular flexibility index (Phi) is 3.77. The molecule has 0 atom stereocenters. The molecule has 0 unspecified atom stereocenters. The number of phenolic OH excluding ortho intramolecular Hbond substituents is 1. The van der Waals surface area contributed by atoms with Gasteiger partial charge in [-0.3, -0.25) is 4.79 Å². The molecule has 5 heteroatoms. The molecule has 1 amide bonds. The van der Waals surface area contributed by atoms with Crippen LogP contribution in [0.1, 0.15) is 18.1 Å². The van der Waals surface area contributed by atoms with Crippen LogP contribution in [0, 0.1) is 0 Å². The zero-order chi connectivity index (χ0) is 15.7. The van der Waals surface area contributed by atoms with Crippen LogP contribution in [0.25, 0.3) is 11.6 Å². The summed E-state index contributed by atoms with van der Waals surface area (Å²) in [5.41, 5.74) is 2.41. The summed E-state index contributed by atoms with van der Waals surface area (Å²) in [5.74, 6) is 0.495. The van der Waals surface area contributed by atoms with E-state index >= 15 is 0 Å². The number of halogens is 1. The van der Waals surface area contributed by atoms with Gasteiger partial charge in [-0.2, -0.15) is 0 Å². The Morgan fingerprint density at radius 2 is 2.09 bits per heavy atom. The second kappa shape index (κ2) is 5.73. The number of ether oxygens (including phenoxy) is 1. The molecule has 0 saturated heterocycles. The molecule has 1 heterocycles. The number of carbonyl (C=O) groups excluding carboxylic acids is 1. The molecule has 0 spiro atoms. The summed E-state index contributed by atoms with van der Waals surface area (Å²) in [6.45, 7) is 2.41. The second-order valence-electron chi connectivity index (χ2n) is 4.86. The Balaban J connectivity index is 2.08. The SMILES string of the molecule is CCOc1ccc(O)c(/C=C2/C(=O)Nc3ccc(Cl)cc32)c1. The second-order valence-corrected chi connectivity index (χ2v) is 5.29. The van der Waals surface area contributed by atoms with Gasteiger partial charge in [0.15, 0.2) is 0 Å². The average Bonchev–Trinajstić information content (AvgIpc) is 2.79. The Morgan fingerprint density at radius 3 is 2.86 bits per heavy atom. The number of aromatic hydroxyl groups is 1. The third-order valence-corrected chi connectivity index (χ3v) is 3.61. The van der Waals surface area contributed by atoms with Crippen molar-refractivity contribution in [2.45, 2.75) is 6.92 Å². The van der Waals surface area contributed by atoms with Crippen LogP contribution in [0.2, 0.25) is 5.02 Å². The van der Waals surface area contributed by atoms with Gasteiger partial charge in [-0.25, -0.2) is 0 Å². The van der Waals surface area contributed by atoms with Crippen molar-refractivity contribution in [3.05, 3.63) is 52.5 Å². The van der Waals surface area contributed by atoms with Gasteiger partial charge < -0.3 is 15.2 Å². The van der Waals surface area contributed by atoms with E-state index in [-0.39, 0.29) is 11.7 Å². The lowest BCUT2D eigenvalue weighted by atomic mass is 10.0. The van der Waals surface area contributed by atoms with E-state index in [9.17, 15) is 9.90 Å². The summed E-state index contributed by atoms with van der Waals surface area (Å²) < 4.78 is 5.42. The van der Waals surface area contributed by atoms with Crippen LogP contribution in [-0.4, -0.2) is 17.6 Å². The zero-order valence-electron chi connectivity index (χ0n) is 11.9. The topological polar surface area (TPSA) is 58.6 Å². The summed E-state index contributed by atoms with van der Waals surface area (Å²) >= 11 is 6.00. The molecule has 22 heavy (non-hydrogen) atoms. The van der Waals surface area contributed by atoms with Crippen molar-refractivity contribution in [3.63, 3.8) is 0 Å². The lowest BCUT2D eigenvalue weighted by Gasteiger charge is -2.06. The van der Waals surface area contributed by atoms with E-state index in [1.54, 1.807) is 42.5 Å². The molecule has 2 aromatic rings. The van der Waals surface area contributed by atoms with Crippen LogP contribution >= 0.6 is 11.6 Å². The van der Waals surface area contributed by atoms with E-state index in [0.29, 0.717) is 34.2 Å². The molecular formula is C17H14ClNO3. The fourth-order valence-corrected chi connectivity index (χ4v) is 2.54. The summed E-state index contributed by atoms with van der Waals surface area (Å²) in [4.78, 5) is 12.1. The van der Waals surface area contributed by atoms with Crippen molar-refractivity contribution in [1.82, 2.24) is 0 Å². The molecule has 2 N–H and O–H groups in total. The Hall–Kier alpha value is -2.46. The Morgan fingerprint density at radius 1 is 1.27 bits per heavy atom. The first kappa shape index (κ1) is 14.5. The minimum Gasteiger partial charge on any atom is -0.507 e. The molecule has 0 fully saturated rings. The van der Waals surface area contributed by atoms with E-state index in [2.05, 4.69) is 5.32 Å². The third kappa shape index (κ3) is 2.65. The standard InChI is InChI=1S/C17H14ClNO3/c1-2-22-12-4-6-16(20)10(7-12)8-14-13-9-11(18)3-5-15(13)19-17(14)21/h3-9,20H,2H2,1H3,(H,19,21)/b14-8+. The molecule has 0 saturated carbocycles. The van der Waals surface area contributed by atoms with Crippen molar-refractivity contribution >= 4 is 34.8 Å². The number of phenols is 1. The highest BCUT2D eigenvalue weighted by molar-refractivity contribution is 6.36. The first-order valence-corrected chi connectivity index (χ1v) is 7.25. The van der Waals surface area contributed by atoms with Crippen molar-refractivity contribution < 1.29 is 14.6 Å². The van der Waals surface area contributed by atoms with Gasteiger partial charge in [-0.1, -0.05) is 11.6 Å². The quantitative estimate of drug-likeness (QED) is 0.844. The third-order valence-electron chi connectivity index (χ3n) is 3.37. The number of nitrogens with one attached hydrogen (secondary N) is 1. The Bertz CT molecular complexity index is 783. The minimum absolute atomic E-state index is 0.0826. The summed E-state index contributed by atoms with van der Waals surface area (Å²) in [6.07, 6.45) is 1.63. The van der Waals surface area contributed by atoms with Crippen LogP contribution in [0.15, 0.2) is 36.4 Å². The number of amides is 1. The van der Waals surface area contributed by atoms with Crippen molar-refractivity contribution in [3.8, 4) is 11.5 Å². The van der Waals surface area contributed by atoms with Gasteiger partial charge in [0.2, 0.25) is 0 Å². The highest BCUT2D eigenvalue weighted by Crippen LogP contribution is 2.36. The lowest BCUT2D eigenvalue weighted by Crippen LogP contribution is -2.03. The van der Waals surface area contributed by atoms with E-state index in [4.69, 9.17) is 16.3 Å². The van der Waals surface area contributed by atoms with Gasteiger partial charge in [-0.15, -0.1) is 0 Å². The average molecular weight is 316 g/mol. The van der Waals surface area contributed by atoms with Crippen LogP contribution in [0.3, 0.4) is 0 Å². The smallest absolute Gasteiger partial charge is 0.256 e. The van der Waals surface area contributed by atoms with Crippen molar-refractivity contribution in [2.24, 2.45) is 0 Å². The van der Waals surface area contributed by atoms with Gasteiger partial charge >= 0.3 is 0 Å². The number of carbonyl (C=O) groups is 1. The number of hydrogen-bond acceptors (Lipinski definition) is 3. The number of fused-ring (bicyclic) bond motifs is 1. The molecule has 0 radical (unpaired) electrons. The number of benzene rings is 2. The predicted molar refractivity (Wildman–Crippen MR) is 87.2 cm³/mol. The summed E-state index contributed by atoms with van der Waals surface area (Å²) in [6, 6.07) is 10.1. The van der Waals surface area contributed by atoms with Crippen molar-refractivity contribution in [2.75, 3.05) is 11.9 Å². The lowest BCUT2D eigenvalue weighted by molar-refractivity contribution is -0.110. The Labute approximate surface area is 133 Å². The van der Waals surface area contributed by atoms with E-state index in [1.807, 2.05) is 6.92 Å². The molecule has 1 aliphatic heterocycles. The number of rotatable bonds is 3. The number of hydrogen-bond donors (Lipinski definition) is 2. The maximum atomic E-state index is 12.1. The van der Waals surface area contributed by atoms with Gasteiger partial charge in [0.05, 0.1) is 6.61 Å². The minimum atomic E-state index is -0.224. The van der Waals surface area contributed by atoms with Crippen LogP contribution in [-0.2, 0) is 4.79 Å². The molecule has 1 aliphatic rings.